The normalized spacial score (nSPS) is 26.1. The molecule has 1 aliphatic heterocycles. The van der Waals surface area contributed by atoms with Crippen LogP contribution in [0, 0.1) is 12.3 Å². The van der Waals surface area contributed by atoms with Crippen LogP contribution in [0.1, 0.15) is 67.0 Å². The summed E-state index contributed by atoms with van der Waals surface area (Å²) >= 11 is 1.77. The second-order valence-electron chi connectivity index (χ2n) is 9.10. The highest BCUT2D eigenvalue weighted by Crippen LogP contribution is 2.57. The Bertz CT molecular complexity index is 984. The number of aryl methyl sites for hydroxylation is 2. The largest absolute Gasteiger partial charge is 0.342 e. The summed E-state index contributed by atoms with van der Waals surface area (Å²) in [6.45, 7) is 6.48. The minimum Gasteiger partial charge on any atom is -0.342 e. The maximum Gasteiger partial charge on any atom is 0.162 e. The van der Waals surface area contributed by atoms with Crippen molar-refractivity contribution in [2.75, 3.05) is 5.32 Å². The van der Waals surface area contributed by atoms with E-state index in [0.717, 1.165) is 47.8 Å². The van der Waals surface area contributed by atoms with E-state index in [1.807, 2.05) is 0 Å². The minimum absolute atomic E-state index is 0.00305. The Morgan fingerprint density at radius 1 is 1.15 bits per heavy atom. The van der Waals surface area contributed by atoms with Crippen LogP contribution in [0.15, 0.2) is 35.5 Å². The molecule has 1 atom stereocenters. The van der Waals surface area contributed by atoms with Gasteiger partial charge in [-0.3, -0.25) is 4.79 Å². The van der Waals surface area contributed by atoms with E-state index in [-0.39, 0.29) is 10.8 Å². The molecule has 0 saturated carbocycles. The van der Waals surface area contributed by atoms with Crippen LogP contribution in [-0.4, -0.2) is 10.8 Å². The fourth-order valence-corrected chi connectivity index (χ4v) is 6.59. The molecule has 0 unspecified atom stereocenters. The van der Waals surface area contributed by atoms with Gasteiger partial charge in [0.2, 0.25) is 0 Å². The number of Topliss-reactive ketones (excluding diaryl/α,β-unsaturated/α-hetero) is 1. The molecule has 5 rings (SSSR count). The van der Waals surface area contributed by atoms with Gasteiger partial charge in [0.1, 0.15) is 5.82 Å². The van der Waals surface area contributed by atoms with Crippen molar-refractivity contribution in [1.29, 1.82) is 0 Å². The lowest BCUT2D eigenvalue weighted by atomic mass is 9.61. The first-order chi connectivity index (χ1) is 12.9. The summed E-state index contributed by atoms with van der Waals surface area (Å²) in [5, 5.41) is 4.66. The predicted octanol–water partition coefficient (Wildman–Crippen LogP) is 5.53. The van der Waals surface area contributed by atoms with Gasteiger partial charge in [-0.2, -0.15) is 0 Å². The molecular formula is C23H26N2OS. The summed E-state index contributed by atoms with van der Waals surface area (Å²) in [6, 6.07) is 8.80. The van der Waals surface area contributed by atoms with Gasteiger partial charge in [0.25, 0.3) is 0 Å². The number of fused-ring (bicyclic) bond motifs is 5. The lowest BCUT2D eigenvalue weighted by molar-refractivity contribution is -0.118. The fourth-order valence-electron chi connectivity index (χ4n) is 5.47. The second-order valence-corrected chi connectivity index (χ2v) is 10.3. The van der Waals surface area contributed by atoms with Crippen molar-refractivity contribution in [2.45, 2.75) is 64.7 Å². The third-order valence-electron chi connectivity index (χ3n) is 6.42. The van der Waals surface area contributed by atoms with Crippen molar-refractivity contribution in [2.24, 2.45) is 5.41 Å². The highest BCUT2D eigenvalue weighted by atomic mass is 32.1. The van der Waals surface area contributed by atoms with Crippen LogP contribution in [-0.2, 0) is 16.6 Å². The molecule has 1 aromatic heterocycles. The first-order valence-corrected chi connectivity index (χ1v) is 10.8. The topological polar surface area (TPSA) is 42.0 Å². The predicted molar refractivity (Wildman–Crippen MR) is 110 cm³/mol. The standard InChI is InChI=1S/C23H26N2OS/c1-14-24-21-20(27-14)23(11-7-6-9-15-8-4-5-10-16(15)23)19-17(25-21)12-22(2,3)13-18(19)26/h4-5,8,10,25H,6-7,9,11-13H2,1-3H3/t23-/m1/s1. The number of hydrogen-bond donors (Lipinski definition) is 1. The smallest absolute Gasteiger partial charge is 0.162 e. The highest BCUT2D eigenvalue weighted by Gasteiger charge is 2.52. The van der Waals surface area contributed by atoms with Crippen LogP contribution >= 0.6 is 11.3 Å². The SMILES string of the molecule is Cc1nc2c(s1)[C@@]1(CCCCc3ccccc31)C1=C(CC(C)(C)CC1=O)N2. The molecule has 2 aliphatic carbocycles. The lowest BCUT2D eigenvalue weighted by Crippen LogP contribution is -2.43. The van der Waals surface area contributed by atoms with Crippen molar-refractivity contribution in [1.82, 2.24) is 4.98 Å². The van der Waals surface area contributed by atoms with Gasteiger partial charge in [-0.05, 0) is 49.1 Å². The van der Waals surface area contributed by atoms with E-state index in [2.05, 4.69) is 50.4 Å². The van der Waals surface area contributed by atoms with Crippen LogP contribution < -0.4 is 5.32 Å². The molecular weight excluding hydrogens is 352 g/mol. The van der Waals surface area contributed by atoms with E-state index in [9.17, 15) is 4.79 Å². The van der Waals surface area contributed by atoms with Crippen molar-refractivity contribution in [3.8, 4) is 0 Å². The van der Waals surface area contributed by atoms with Crippen LogP contribution in [0.2, 0.25) is 0 Å². The van der Waals surface area contributed by atoms with E-state index in [1.165, 1.54) is 22.4 Å². The number of carbonyl (C=O) groups is 1. The number of carbonyl (C=O) groups excluding carboxylic acids is 1. The zero-order chi connectivity index (χ0) is 18.8. The number of ketones is 1. The molecule has 1 aromatic carbocycles. The van der Waals surface area contributed by atoms with Gasteiger partial charge < -0.3 is 5.32 Å². The Morgan fingerprint density at radius 2 is 1.96 bits per heavy atom. The van der Waals surface area contributed by atoms with E-state index in [1.54, 1.807) is 11.3 Å². The number of anilines is 1. The van der Waals surface area contributed by atoms with E-state index in [4.69, 9.17) is 4.98 Å². The minimum atomic E-state index is -0.317. The van der Waals surface area contributed by atoms with Gasteiger partial charge in [-0.25, -0.2) is 4.98 Å². The summed E-state index contributed by atoms with van der Waals surface area (Å²) in [7, 11) is 0. The molecule has 1 N–H and O–H groups in total. The van der Waals surface area contributed by atoms with Crippen molar-refractivity contribution in [3.05, 3.63) is 56.5 Å². The Hall–Kier alpha value is -1.94. The van der Waals surface area contributed by atoms with Gasteiger partial charge >= 0.3 is 0 Å². The molecule has 3 aliphatic rings. The Labute approximate surface area is 164 Å². The maximum absolute atomic E-state index is 13.5. The van der Waals surface area contributed by atoms with E-state index >= 15 is 0 Å². The highest BCUT2D eigenvalue weighted by molar-refractivity contribution is 7.12. The molecule has 0 amide bonds. The molecule has 140 valence electrons. The molecule has 0 saturated heterocycles. The fraction of sp³-hybridized carbons (Fsp3) is 0.478. The molecule has 0 radical (unpaired) electrons. The van der Waals surface area contributed by atoms with Gasteiger partial charge in [0, 0.05) is 17.7 Å². The first-order valence-electron chi connectivity index (χ1n) is 10.0. The van der Waals surface area contributed by atoms with Gasteiger partial charge in [0.05, 0.1) is 15.3 Å². The second kappa shape index (κ2) is 5.78. The Morgan fingerprint density at radius 3 is 2.81 bits per heavy atom. The lowest BCUT2D eigenvalue weighted by Gasteiger charge is -2.45. The van der Waals surface area contributed by atoms with Gasteiger partial charge in [-0.1, -0.05) is 44.5 Å². The van der Waals surface area contributed by atoms with E-state index in [0.29, 0.717) is 12.2 Å². The molecule has 1 spiro atoms. The molecule has 0 fully saturated rings. The summed E-state index contributed by atoms with van der Waals surface area (Å²) in [4.78, 5) is 19.6. The average Bonchev–Trinajstić information content (AvgIpc) is 2.87. The van der Waals surface area contributed by atoms with Crippen molar-refractivity contribution < 1.29 is 4.79 Å². The number of nitrogens with one attached hydrogen (secondary N) is 1. The third-order valence-corrected chi connectivity index (χ3v) is 7.55. The molecule has 0 bridgehead atoms. The molecule has 2 aromatic rings. The van der Waals surface area contributed by atoms with Crippen LogP contribution in [0.4, 0.5) is 5.82 Å². The zero-order valence-electron chi connectivity index (χ0n) is 16.3. The quantitative estimate of drug-likeness (QED) is 0.655. The summed E-state index contributed by atoms with van der Waals surface area (Å²) < 4.78 is 0. The average molecular weight is 379 g/mol. The molecule has 4 heteroatoms. The molecule has 2 heterocycles. The van der Waals surface area contributed by atoms with Crippen LogP contribution in [0.3, 0.4) is 0 Å². The monoisotopic (exact) mass is 378 g/mol. The Balaban J connectivity index is 1.86. The number of hydrogen-bond acceptors (Lipinski definition) is 4. The number of aromatic nitrogens is 1. The number of thiazole rings is 1. The first kappa shape index (κ1) is 17.2. The summed E-state index contributed by atoms with van der Waals surface area (Å²) in [5.74, 6) is 1.31. The Kier molecular flexibility index (Phi) is 3.68. The van der Waals surface area contributed by atoms with Gasteiger partial charge in [0.15, 0.2) is 5.78 Å². The van der Waals surface area contributed by atoms with E-state index < -0.39 is 0 Å². The maximum atomic E-state index is 13.5. The van der Waals surface area contributed by atoms with Crippen LogP contribution in [0.5, 0.6) is 0 Å². The summed E-state index contributed by atoms with van der Waals surface area (Å²) in [6.07, 6.45) is 5.96. The zero-order valence-corrected chi connectivity index (χ0v) is 17.1. The number of nitrogens with zero attached hydrogens (tertiary/aromatic N) is 1. The van der Waals surface area contributed by atoms with Crippen molar-refractivity contribution >= 4 is 22.9 Å². The van der Waals surface area contributed by atoms with Crippen molar-refractivity contribution in [3.63, 3.8) is 0 Å². The number of benzene rings is 1. The number of rotatable bonds is 0. The molecule has 27 heavy (non-hydrogen) atoms. The third kappa shape index (κ3) is 2.46. The molecule has 3 nitrogen and oxygen atoms in total. The van der Waals surface area contributed by atoms with Crippen LogP contribution in [0.25, 0.3) is 0 Å². The summed E-state index contributed by atoms with van der Waals surface area (Å²) in [5.41, 5.74) is 4.57. The van der Waals surface area contributed by atoms with Gasteiger partial charge in [-0.15, -0.1) is 11.3 Å². The number of allylic oxidation sites excluding steroid dienone is 2.